The molecule has 2 heterocycles. The molecule has 0 aromatic carbocycles. The molecule has 0 aliphatic rings. The summed E-state index contributed by atoms with van der Waals surface area (Å²) in [6.07, 6.45) is 1.51. The number of aliphatic hydroxyl groups excluding tert-OH is 1. The van der Waals surface area contributed by atoms with Crippen LogP contribution in [0.4, 0.5) is 0 Å². The Labute approximate surface area is 108 Å². The van der Waals surface area contributed by atoms with E-state index in [1.54, 1.807) is 18.7 Å². The Bertz CT molecular complexity index is 697. The van der Waals surface area contributed by atoms with Crippen molar-refractivity contribution in [1.82, 2.24) is 24.0 Å². The molecule has 0 atom stereocenters. The van der Waals surface area contributed by atoms with Gasteiger partial charge in [-0.15, -0.1) is 0 Å². The maximum absolute atomic E-state index is 12.3. The molecule has 0 fully saturated rings. The lowest BCUT2D eigenvalue weighted by molar-refractivity contribution is 0.291. The monoisotopic (exact) mass is 267 g/mol. The number of nitrogens with zero attached hydrogens (tertiary/aromatic N) is 4. The van der Waals surface area contributed by atoms with Crippen LogP contribution in [0.5, 0.6) is 0 Å². The SMILES string of the molecule is Cn1cnc2c1c(=O)n(CCNCCO)c(=O)n2C. The zero-order valence-electron chi connectivity index (χ0n) is 11.0. The van der Waals surface area contributed by atoms with Gasteiger partial charge >= 0.3 is 5.69 Å². The first-order chi connectivity index (χ1) is 9.07. The van der Waals surface area contributed by atoms with Crippen molar-refractivity contribution in [2.75, 3.05) is 19.7 Å². The number of aliphatic hydroxyl groups is 1. The Hall–Kier alpha value is -1.93. The Morgan fingerprint density at radius 3 is 2.74 bits per heavy atom. The molecule has 0 bridgehead atoms. The number of aryl methyl sites for hydroxylation is 2. The Morgan fingerprint density at radius 2 is 2.05 bits per heavy atom. The minimum Gasteiger partial charge on any atom is -0.395 e. The highest BCUT2D eigenvalue weighted by Crippen LogP contribution is 2.02. The van der Waals surface area contributed by atoms with E-state index in [0.29, 0.717) is 24.3 Å². The third kappa shape index (κ3) is 2.32. The lowest BCUT2D eigenvalue weighted by atomic mass is 10.4. The van der Waals surface area contributed by atoms with Crippen LogP contribution in [0.3, 0.4) is 0 Å². The van der Waals surface area contributed by atoms with Crippen LogP contribution in [0.15, 0.2) is 15.9 Å². The van der Waals surface area contributed by atoms with Crippen LogP contribution in [-0.2, 0) is 20.6 Å². The van der Waals surface area contributed by atoms with Gasteiger partial charge in [0.1, 0.15) is 0 Å². The minimum absolute atomic E-state index is 0.0215. The molecule has 0 aliphatic heterocycles. The van der Waals surface area contributed by atoms with Crippen molar-refractivity contribution in [2.45, 2.75) is 6.54 Å². The van der Waals surface area contributed by atoms with Crippen molar-refractivity contribution in [1.29, 1.82) is 0 Å². The molecular weight excluding hydrogens is 250 g/mol. The van der Waals surface area contributed by atoms with E-state index in [4.69, 9.17) is 5.11 Å². The van der Waals surface area contributed by atoms with Gasteiger partial charge in [-0.3, -0.25) is 13.9 Å². The van der Waals surface area contributed by atoms with E-state index in [-0.39, 0.29) is 24.4 Å². The Balaban J connectivity index is 2.46. The normalized spacial score (nSPS) is 11.3. The van der Waals surface area contributed by atoms with Crippen molar-refractivity contribution < 1.29 is 5.11 Å². The molecule has 8 heteroatoms. The minimum atomic E-state index is -0.387. The number of hydrogen-bond donors (Lipinski definition) is 2. The summed E-state index contributed by atoms with van der Waals surface area (Å²) in [6.45, 7) is 1.16. The summed E-state index contributed by atoms with van der Waals surface area (Å²) in [4.78, 5) is 28.4. The lowest BCUT2D eigenvalue weighted by Crippen LogP contribution is -2.41. The van der Waals surface area contributed by atoms with Crippen LogP contribution in [0.2, 0.25) is 0 Å². The largest absolute Gasteiger partial charge is 0.395 e. The van der Waals surface area contributed by atoms with Crippen LogP contribution < -0.4 is 16.6 Å². The maximum Gasteiger partial charge on any atom is 0.332 e. The van der Waals surface area contributed by atoms with Gasteiger partial charge < -0.3 is 15.0 Å². The smallest absolute Gasteiger partial charge is 0.332 e. The van der Waals surface area contributed by atoms with E-state index >= 15 is 0 Å². The molecular formula is C11H17N5O3. The lowest BCUT2D eigenvalue weighted by Gasteiger charge is -2.08. The van der Waals surface area contributed by atoms with Crippen molar-refractivity contribution in [2.24, 2.45) is 14.1 Å². The fraction of sp³-hybridized carbons (Fsp3) is 0.545. The molecule has 2 aromatic heterocycles. The highest BCUT2D eigenvalue weighted by molar-refractivity contribution is 5.69. The molecule has 19 heavy (non-hydrogen) atoms. The first kappa shape index (κ1) is 13.5. The molecule has 0 radical (unpaired) electrons. The van der Waals surface area contributed by atoms with Crippen molar-refractivity contribution >= 4 is 11.2 Å². The summed E-state index contributed by atoms with van der Waals surface area (Å²) < 4.78 is 4.14. The van der Waals surface area contributed by atoms with Crippen molar-refractivity contribution in [3.63, 3.8) is 0 Å². The molecule has 0 spiro atoms. The topological polar surface area (TPSA) is 94.1 Å². The standard InChI is InChI=1S/C11H17N5O3/c1-14-7-13-9-8(14)10(18)16(11(19)15(9)2)5-3-12-4-6-17/h7,12,17H,3-6H2,1-2H3. The molecule has 2 rings (SSSR count). The third-order valence-electron chi connectivity index (χ3n) is 3.00. The summed E-state index contributed by atoms with van der Waals surface area (Å²) in [5, 5.41) is 11.6. The molecule has 0 unspecified atom stereocenters. The molecule has 2 N–H and O–H groups in total. The highest BCUT2D eigenvalue weighted by Gasteiger charge is 2.14. The predicted molar refractivity (Wildman–Crippen MR) is 70.2 cm³/mol. The number of fused-ring (bicyclic) bond motifs is 1. The summed E-state index contributed by atoms with van der Waals surface area (Å²) in [6, 6.07) is 0. The highest BCUT2D eigenvalue weighted by atomic mass is 16.3. The summed E-state index contributed by atoms with van der Waals surface area (Å²) in [5.41, 5.74) is 0.0622. The second kappa shape index (κ2) is 5.37. The van der Waals surface area contributed by atoms with Crippen LogP contribution in [0.1, 0.15) is 0 Å². The predicted octanol–water partition coefficient (Wildman–Crippen LogP) is -1.98. The zero-order valence-corrected chi connectivity index (χ0v) is 11.0. The van der Waals surface area contributed by atoms with Gasteiger partial charge in [0.25, 0.3) is 5.56 Å². The van der Waals surface area contributed by atoms with E-state index in [0.717, 1.165) is 0 Å². The van der Waals surface area contributed by atoms with Gasteiger partial charge in [-0.25, -0.2) is 9.78 Å². The molecule has 0 aliphatic carbocycles. The number of nitrogens with one attached hydrogen (secondary N) is 1. The fourth-order valence-electron chi connectivity index (χ4n) is 1.99. The second-order valence-electron chi connectivity index (χ2n) is 4.30. The number of hydrogen-bond acceptors (Lipinski definition) is 5. The molecule has 0 saturated carbocycles. The first-order valence-corrected chi connectivity index (χ1v) is 6.00. The van der Waals surface area contributed by atoms with E-state index in [9.17, 15) is 9.59 Å². The maximum atomic E-state index is 12.3. The van der Waals surface area contributed by atoms with Crippen LogP contribution in [0.25, 0.3) is 11.2 Å². The van der Waals surface area contributed by atoms with Crippen molar-refractivity contribution in [3.05, 3.63) is 27.2 Å². The Kier molecular flexibility index (Phi) is 3.82. The first-order valence-electron chi connectivity index (χ1n) is 6.00. The van der Waals surface area contributed by atoms with Gasteiger partial charge in [0.2, 0.25) is 0 Å². The number of aromatic nitrogens is 4. The van der Waals surface area contributed by atoms with E-state index in [1.165, 1.54) is 15.5 Å². The zero-order chi connectivity index (χ0) is 14.0. The van der Waals surface area contributed by atoms with Gasteiger partial charge in [-0.2, -0.15) is 0 Å². The molecule has 2 aromatic rings. The van der Waals surface area contributed by atoms with E-state index in [2.05, 4.69) is 10.3 Å². The van der Waals surface area contributed by atoms with Crippen molar-refractivity contribution in [3.8, 4) is 0 Å². The molecule has 0 saturated heterocycles. The molecule has 8 nitrogen and oxygen atoms in total. The average Bonchev–Trinajstić information content (AvgIpc) is 2.77. The van der Waals surface area contributed by atoms with Gasteiger partial charge in [0.15, 0.2) is 11.2 Å². The van der Waals surface area contributed by atoms with Gasteiger partial charge in [0, 0.05) is 33.7 Å². The Morgan fingerprint density at radius 1 is 1.32 bits per heavy atom. The van der Waals surface area contributed by atoms with Crippen LogP contribution in [0, 0.1) is 0 Å². The summed E-state index contributed by atoms with van der Waals surface area (Å²) in [7, 11) is 3.31. The molecule has 104 valence electrons. The van der Waals surface area contributed by atoms with Gasteiger partial charge in [-0.05, 0) is 0 Å². The fourth-order valence-corrected chi connectivity index (χ4v) is 1.99. The summed E-state index contributed by atoms with van der Waals surface area (Å²) in [5.74, 6) is 0. The van der Waals surface area contributed by atoms with E-state index in [1.807, 2.05) is 0 Å². The summed E-state index contributed by atoms with van der Waals surface area (Å²) >= 11 is 0. The van der Waals surface area contributed by atoms with Gasteiger partial charge in [0.05, 0.1) is 12.9 Å². The van der Waals surface area contributed by atoms with Crippen LogP contribution in [-0.4, -0.2) is 43.5 Å². The number of rotatable bonds is 5. The van der Waals surface area contributed by atoms with Crippen LogP contribution >= 0.6 is 0 Å². The average molecular weight is 267 g/mol. The number of imidazole rings is 1. The molecule has 0 amide bonds. The van der Waals surface area contributed by atoms with Gasteiger partial charge in [-0.1, -0.05) is 0 Å². The van der Waals surface area contributed by atoms with E-state index < -0.39 is 0 Å². The second-order valence-corrected chi connectivity index (χ2v) is 4.30. The third-order valence-corrected chi connectivity index (χ3v) is 3.00. The quantitative estimate of drug-likeness (QED) is 0.612.